The first kappa shape index (κ1) is 25.8. The van der Waals surface area contributed by atoms with Crippen molar-refractivity contribution < 1.29 is 28.9 Å². The Labute approximate surface area is 191 Å². The van der Waals surface area contributed by atoms with E-state index in [9.17, 15) is 14.7 Å². The summed E-state index contributed by atoms with van der Waals surface area (Å²) in [6, 6.07) is 9.40. The normalized spacial score (nSPS) is 22.1. The summed E-state index contributed by atoms with van der Waals surface area (Å²) in [5.41, 5.74) is -0.464. The van der Waals surface area contributed by atoms with Crippen LogP contribution in [-0.4, -0.2) is 54.4 Å². The molecule has 0 saturated carbocycles. The van der Waals surface area contributed by atoms with E-state index >= 15 is 0 Å². The molecule has 178 valence electrons. The minimum absolute atomic E-state index is 0.00354. The molecule has 1 N–H and O–H groups in total. The zero-order valence-electron chi connectivity index (χ0n) is 19.9. The number of aliphatic imine (C=N–C) groups is 1. The number of carbonyl (C=O) groups excluding carboxylic acids is 2. The van der Waals surface area contributed by atoms with Gasteiger partial charge in [0.05, 0.1) is 13.0 Å². The lowest BCUT2D eigenvalue weighted by atomic mass is 9.88. The lowest BCUT2D eigenvalue weighted by Crippen LogP contribution is -2.48. The summed E-state index contributed by atoms with van der Waals surface area (Å²) >= 11 is 0. The van der Waals surface area contributed by atoms with Gasteiger partial charge in [-0.2, -0.15) is 0 Å². The Morgan fingerprint density at radius 2 is 1.88 bits per heavy atom. The van der Waals surface area contributed by atoms with Gasteiger partial charge in [0.25, 0.3) is 0 Å². The molecule has 7 heteroatoms. The van der Waals surface area contributed by atoms with Crippen LogP contribution in [-0.2, 0) is 23.8 Å². The number of carbonyl (C=O) groups is 2. The van der Waals surface area contributed by atoms with Crippen LogP contribution in [0.5, 0.6) is 0 Å². The molecular formula is C25H37NO6. The van der Waals surface area contributed by atoms with Gasteiger partial charge in [-0.1, -0.05) is 64.7 Å². The molecule has 0 unspecified atom stereocenters. The monoisotopic (exact) mass is 447 g/mol. The van der Waals surface area contributed by atoms with Crippen molar-refractivity contribution in [2.45, 2.75) is 77.5 Å². The number of benzene rings is 1. The minimum atomic E-state index is -1.25. The van der Waals surface area contributed by atoms with Crippen LogP contribution in [0.1, 0.15) is 65.4 Å². The summed E-state index contributed by atoms with van der Waals surface area (Å²) in [7, 11) is 1.30. The second-order valence-electron chi connectivity index (χ2n) is 8.86. The number of aliphatic hydroxyl groups excluding tert-OH is 1. The van der Waals surface area contributed by atoms with E-state index < -0.39 is 35.6 Å². The third-order valence-corrected chi connectivity index (χ3v) is 5.89. The first-order valence-corrected chi connectivity index (χ1v) is 11.5. The molecule has 0 spiro atoms. The minimum Gasteiger partial charge on any atom is -0.471 e. The van der Waals surface area contributed by atoms with Crippen molar-refractivity contribution in [3.63, 3.8) is 0 Å². The number of unbranched alkanes of at least 4 members (excludes halogenated alkanes) is 3. The Kier molecular flexibility index (Phi) is 9.69. The van der Waals surface area contributed by atoms with Gasteiger partial charge in [0.1, 0.15) is 18.8 Å². The maximum Gasteiger partial charge on any atom is 0.337 e. The maximum atomic E-state index is 13.1. The van der Waals surface area contributed by atoms with Crippen LogP contribution in [0, 0.1) is 11.8 Å². The van der Waals surface area contributed by atoms with E-state index in [4.69, 9.17) is 14.2 Å². The third-order valence-electron chi connectivity index (χ3n) is 5.89. The molecule has 0 saturated heterocycles. The Balaban J connectivity index is 2.09. The molecule has 4 atom stereocenters. The first-order chi connectivity index (χ1) is 15.2. The third kappa shape index (κ3) is 6.31. The van der Waals surface area contributed by atoms with Gasteiger partial charge in [0.2, 0.25) is 5.90 Å². The summed E-state index contributed by atoms with van der Waals surface area (Å²) < 4.78 is 16.4. The van der Waals surface area contributed by atoms with E-state index in [-0.39, 0.29) is 12.5 Å². The van der Waals surface area contributed by atoms with Gasteiger partial charge in [-0.3, -0.25) is 4.79 Å². The van der Waals surface area contributed by atoms with Gasteiger partial charge in [0.15, 0.2) is 5.54 Å². The van der Waals surface area contributed by atoms with Crippen LogP contribution in [0.15, 0.2) is 35.3 Å². The SMILES string of the molecule is CCCCCC[C@H](C(=O)OC)[C@H](O)COC(=O)[C@]1(C)N=C(c2ccccc2)O[C@H]1C(C)C. The highest BCUT2D eigenvalue weighted by Gasteiger charge is 2.51. The zero-order chi connectivity index (χ0) is 23.7. The molecule has 7 nitrogen and oxygen atoms in total. The molecule has 1 aromatic rings. The van der Waals surface area contributed by atoms with Crippen LogP contribution in [0.3, 0.4) is 0 Å². The van der Waals surface area contributed by atoms with Crippen molar-refractivity contribution in [2.75, 3.05) is 13.7 Å². The topological polar surface area (TPSA) is 94.4 Å². The highest BCUT2D eigenvalue weighted by atomic mass is 16.6. The lowest BCUT2D eigenvalue weighted by Gasteiger charge is -2.29. The van der Waals surface area contributed by atoms with Crippen molar-refractivity contribution in [3.05, 3.63) is 35.9 Å². The Bertz CT molecular complexity index is 778. The van der Waals surface area contributed by atoms with Gasteiger partial charge in [-0.15, -0.1) is 0 Å². The summed E-state index contributed by atoms with van der Waals surface area (Å²) in [4.78, 5) is 29.8. The number of esters is 2. The molecule has 1 aliphatic heterocycles. The van der Waals surface area contributed by atoms with Gasteiger partial charge in [-0.25, -0.2) is 9.79 Å². The van der Waals surface area contributed by atoms with Crippen molar-refractivity contribution in [3.8, 4) is 0 Å². The van der Waals surface area contributed by atoms with E-state index in [0.717, 1.165) is 31.2 Å². The van der Waals surface area contributed by atoms with Crippen molar-refractivity contribution >= 4 is 17.8 Å². The largest absolute Gasteiger partial charge is 0.471 e. The fourth-order valence-corrected chi connectivity index (χ4v) is 4.03. The lowest BCUT2D eigenvalue weighted by molar-refractivity contribution is -0.162. The predicted molar refractivity (Wildman–Crippen MR) is 122 cm³/mol. The highest BCUT2D eigenvalue weighted by Crippen LogP contribution is 2.34. The van der Waals surface area contributed by atoms with E-state index in [1.165, 1.54) is 7.11 Å². The molecule has 32 heavy (non-hydrogen) atoms. The van der Waals surface area contributed by atoms with Gasteiger partial charge in [0, 0.05) is 5.56 Å². The molecule has 0 aromatic heterocycles. The van der Waals surface area contributed by atoms with Crippen molar-refractivity contribution in [2.24, 2.45) is 16.8 Å². The summed E-state index contributed by atoms with van der Waals surface area (Å²) in [5, 5.41) is 10.6. The number of aliphatic hydroxyl groups is 1. The Morgan fingerprint density at radius 1 is 1.19 bits per heavy atom. The second kappa shape index (κ2) is 12.0. The van der Waals surface area contributed by atoms with Crippen molar-refractivity contribution in [1.82, 2.24) is 0 Å². The van der Waals surface area contributed by atoms with Gasteiger partial charge >= 0.3 is 11.9 Å². The maximum absolute atomic E-state index is 13.1. The Morgan fingerprint density at radius 3 is 2.47 bits per heavy atom. The second-order valence-corrected chi connectivity index (χ2v) is 8.86. The first-order valence-electron chi connectivity index (χ1n) is 11.5. The average molecular weight is 448 g/mol. The molecule has 1 aliphatic rings. The summed E-state index contributed by atoms with van der Waals surface area (Å²) in [6.45, 7) is 7.40. The van der Waals surface area contributed by atoms with Crippen LogP contribution in [0.25, 0.3) is 0 Å². The number of hydrogen-bond acceptors (Lipinski definition) is 7. The molecule has 0 bridgehead atoms. The molecule has 1 heterocycles. The quantitative estimate of drug-likeness (QED) is 0.386. The molecule has 0 fully saturated rings. The molecule has 0 radical (unpaired) electrons. The standard InChI is InChI=1S/C25H37NO6/c1-6-7-8-12-15-19(23(28)30-5)20(27)16-31-24(29)25(4)21(17(2)3)32-22(26-25)18-13-10-9-11-14-18/h9-11,13-14,17,19-21,27H,6-8,12,15-16H2,1-5H3/t19-,20+,21-,25+/m0/s1. The molecule has 0 amide bonds. The molecule has 1 aromatic carbocycles. The van der Waals surface area contributed by atoms with E-state index in [0.29, 0.717) is 12.3 Å². The van der Waals surface area contributed by atoms with Crippen LogP contribution in [0.2, 0.25) is 0 Å². The summed E-state index contributed by atoms with van der Waals surface area (Å²) in [6.07, 6.45) is 2.74. The van der Waals surface area contributed by atoms with Crippen LogP contribution < -0.4 is 0 Å². The summed E-state index contributed by atoms with van der Waals surface area (Å²) in [5.74, 6) is -1.42. The van der Waals surface area contributed by atoms with E-state index in [1.54, 1.807) is 6.92 Å². The molecule has 0 aliphatic carbocycles. The Hall–Kier alpha value is -2.41. The predicted octanol–water partition coefficient (Wildman–Crippen LogP) is 3.91. The van der Waals surface area contributed by atoms with E-state index in [2.05, 4.69) is 11.9 Å². The number of hydrogen-bond donors (Lipinski definition) is 1. The number of nitrogens with zero attached hydrogens (tertiary/aromatic N) is 1. The van der Waals surface area contributed by atoms with E-state index in [1.807, 2.05) is 44.2 Å². The highest BCUT2D eigenvalue weighted by molar-refractivity contribution is 5.99. The number of rotatable bonds is 12. The van der Waals surface area contributed by atoms with Gasteiger partial charge < -0.3 is 19.3 Å². The zero-order valence-corrected chi connectivity index (χ0v) is 19.9. The fraction of sp³-hybridized carbons (Fsp3) is 0.640. The smallest absolute Gasteiger partial charge is 0.337 e. The fourth-order valence-electron chi connectivity index (χ4n) is 4.03. The average Bonchev–Trinajstić information content (AvgIpc) is 3.16. The number of methoxy groups -OCH3 is 1. The van der Waals surface area contributed by atoms with Crippen LogP contribution >= 0.6 is 0 Å². The van der Waals surface area contributed by atoms with Crippen molar-refractivity contribution in [1.29, 1.82) is 0 Å². The van der Waals surface area contributed by atoms with Gasteiger partial charge in [-0.05, 0) is 31.4 Å². The molecular weight excluding hydrogens is 410 g/mol. The number of ether oxygens (including phenoxy) is 3. The molecule has 2 rings (SSSR count). The van der Waals surface area contributed by atoms with Crippen LogP contribution in [0.4, 0.5) is 0 Å².